The van der Waals surface area contributed by atoms with Crippen LogP contribution in [0.3, 0.4) is 0 Å². The first-order valence-electron chi connectivity index (χ1n) is 9.68. The highest BCUT2D eigenvalue weighted by Gasteiger charge is 2.22. The molecule has 4 rings (SSSR count). The number of benzene rings is 1. The molecule has 7 nitrogen and oxygen atoms in total. The van der Waals surface area contributed by atoms with Crippen LogP contribution >= 0.6 is 11.3 Å². The van der Waals surface area contributed by atoms with Crippen LogP contribution in [0.15, 0.2) is 53.1 Å². The molecule has 3 heterocycles. The van der Waals surface area contributed by atoms with Crippen molar-refractivity contribution >= 4 is 39.7 Å². The molecular formula is C22H21N3O4S. The van der Waals surface area contributed by atoms with Crippen molar-refractivity contribution in [1.82, 2.24) is 4.90 Å². The highest BCUT2D eigenvalue weighted by Crippen LogP contribution is 2.26. The van der Waals surface area contributed by atoms with Crippen LogP contribution in [-0.4, -0.2) is 35.7 Å². The van der Waals surface area contributed by atoms with Gasteiger partial charge in [0.2, 0.25) is 0 Å². The van der Waals surface area contributed by atoms with Crippen molar-refractivity contribution in [2.45, 2.75) is 19.8 Å². The molecule has 0 unspecified atom stereocenters. The summed E-state index contributed by atoms with van der Waals surface area (Å²) in [5, 5.41) is 6.12. The first kappa shape index (κ1) is 19.9. The van der Waals surface area contributed by atoms with Gasteiger partial charge in [-0.05, 0) is 61.7 Å². The van der Waals surface area contributed by atoms with E-state index in [2.05, 4.69) is 10.6 Å². The molecule has 0 atom stereocenters. The van der Waals surface area contributed by atoms with E-state index < -0.39 is 0 Å². The summed E-state index contributed by atoms with van der Waals surface area (Å²) in [5.41, 5.74) is 1.94. The number of anilines is 2. The number of thiophene rings is 1. The Hall–Kier alpha value is -3.39. The quantitative estimate of drug-likeness (QED) is 0.637. The van der Waals surface area contributed by atoms with Gasteiger partial charge in [0.15, 0.2) is 5.76 Å². The lowest BCUT2D eigenvalue weighted by molar-refractivity contribution is 0.0791. The fourth-order valence-electron chi connectivity index (χ4n) is 3.39. The van der Waals surface area contributed by atoms with E-state index in [1.165, 1.54) is 6.26 Å². The molecule has 0 saturated carbocycles. The number of carbonyl (C=O) groups is 3. The second-order valence-electron chi connectivity index (χ2n) is 7.03. The molecule has 0 aliphatic carbocycles. The predicted molar refractivity (Wildman–Crippen MR) is 115 cm³/mol. The predicted octanol–water partition coefficient (Wildman–Crippen LogP) is 4.39. The molecule has 3 aromatic rings. The Kier molecular flexibility index (Phi) is 5.67. The van der Waals surface area contributed by atoms with Crippen LogP contribution in [0, 0.1) is 6.92 Å². The summed E-state index contributed by atoms with van der Waals surface area (Å²) in [4.78, 5) is 39.8. The minimum Gasteiger partial charge on any atom is -0.459 e. The number of carbonyl (C=O) groups excluding carboxylic acids is 3. The molecule has 1 aliphatic heterocycles. The Morgan fingerprint density at radius 1 is 0.967 bits per heavy atom. The van der Waals surface area contributed by atoms with Gasteiger partial charge in [0.1, 0.15) is 0 Å². The summed E-state index contributed by atoms with van der Waals surface area (Å²) in [5.74, 6) is -0.477. The highest BCUT2D eigenvalue weighted by molar-refractivity contribution is 7.18. The second-order valence-corrected chi connectivity index (χ2v) is 8.11. The summed E-state index contributed by atoms with van der Waals surface area (Å²) in [6.45, 7) is 3.38. The molecule has 8 heteroatoms. The van der Waals surface area contributed by atoms with Crippen molar-refractivity contribution in [3.63, 3.8) is 0 Å². The van der Waals surface area contributed by atoms with E-state index in [0.29, 0.717) is 21.1 Å². The van der Waals surface area contributed by atoms with Crippen molar-refractivity contribution in [1.29, 1.82) is 0 Å². The molecule has 1 aromatic carbocycles. The first-order chi connectivity index (χ1) is 14.5. The van der Waals surface area contributed by atoms with Gasteiger partial charge in [-0.25, -0.2) is 0 Å². The minimum absolute atomic E-state index is 0.000136. The van der Waals surface area contributed by atoms with E-state index in [1.807, 2.05) is 11.8 Å². The molecule has 2 aromatic heterocycles. The Morgan fingerprint density at radius 3 is 2.50 bits per heavy atom. The third-order valence-electron chi connectivity index (χ3n) is 5.02. The lowest BCUT2D eigenvalue weighted by Gasteiger charge is -2.18. The van der Waals surface area contributed by atoms with Crippen LogP contribution < -0.4 is 10.6 Å². The molecule has 0 spiro atoms. The average molecular weight is 423 g/mol. The number of amides is 3. The van der Waals surface area contributed by atoms with Crippen molar-refractivity contribution < 1.29 is 18.8 Å². The van der Waals surface area contributed by atoms with Gasteiger partial charge < -0.3 is 20.0 Å². The molecule has 154 valence electrons. The monoisotopic (exact) mass is 423 g/mol. The summed E-state index contributed by atoms with van der Waals surface area (Å²) < 4.78 is 5.06. The maximum Gasteiger partial charge on any atom is 0.291 e. The van der Waals surface area contributed by atoms with Crippen molar-refractivity contribution in [2.24, 2.45) is 0 Å². The second kappa shape index (κ2) is 8.54. The van der Waals surface area contributed by atoms with Gasteiger partial charge in [-0.3, -0.25) is 14.4 Å². The van der Waals surface area contributed by atoms with E-state index in [-0.39, 0.29) is 23.5 Å². The van der Waals surface area contributed by atoms with Gasteiger partial charge >= 0.3 is 0 Å². The van der Waals surface area contributed by atoms with E-state index in [1.54, 1.807) is 42.5 Å². The maximum atomic E-state index is 12.7. The largest absolute Gasteiger partial charge is 0.459 e. The zero-order valence-corrected chi connectivity index (χ0v) is 17.3. The van der Waals surface area contributed by atoms with Gasteiger partial charge in [-0.15, -0.1) is 11.3 Å². The first-order valence-corrected chi connectivity index (χ1v) is 10.5. The molecule has 0 radical (unpaired) electrons. The zero-order chi connectivity index (χ0) is 21.1. The standard InChI is InChI=1S/C22H21N3O4S/c1-14-15(22(28)25-11-2-3-12-25)6-4-7-16(14)23-21(27)18-9-10-19(30-18)24-20(26)17-8-5-13-29-17/h4-10,13H,2-3,11-12H2,1H3,(H,23,27)(H,24,26). The van der Waals surface area contributed by atoms with Crippen LogP contribution in [0.25, 0.3) is 0 Å². The van der Waals surface area contributed by atoms with E-state index in [4.69, 9.17) is 4.42 Å². The molecule has 2 N–H and O–H groups in total. The van der Waals surface area contributed by atoms with Crippen LogP contribution in [-0.2, 0) is 0 Å². The summed E-state index contributed by atoms with van der Waals surface area (Å²) in [6, 6.07) is 11.9. The van der Waals surface area contributed by atoms with Gasteiger partial charge in [0, 0.05) is 24.3 Å². The van der Waals surface area contributed by atoms with Crippen LogP contribution in [0.5, 0.6) is 0 Å². The molecule has 0 bridgehead atoms. The average Bonchev–Trinajstić information content (AvgIpc) is 3.50. The third kappa shape index (κ3) is 4.13. The lowest BCUT2D eigenvalue weighted by atomic mass is 10.1. The molecular weight excluding hydrogens is 402 g/mol. The highest BCUT2D eigenvalue weighted by atomic mass is 32.1. The number of nitrogens with one attached hydrogen (secondary N) is 2. The minimum atomic E-state index is -0.377. The van der Waals surface area contributed by atoms with Crippen molar-refractivity contribution in [3.05, 3.63) is 70.5 Å². The molecule has 30 heavy (non-hydrogen) atoms. The van der Waals surface area contributed by atoms with Gasteiger partial charge in [-0.2, -0.15) is 0 Å². The zero-order valence-electron chi connectivity index (χ0n) is 16.4. The van der Waals surface area contributed by atoms with Crippen molar-refractivity contribution in [3.8, 4) is 0 Å². The SMILES string of the molecule is Cc1c(NC(=O)c2ccc(NC(=O)c3ccco3)s2)cccc1C(=O)N1CCCC1. The summed E-state index contributed by atoms with van der Waals surface area (Å²) >= 11 is 1.16. The fourth-order valence-corrected chi connectivity index (χ4v) is 4.18. The van der Waals surface area contributed by atoms with Crippen molar-refractivity contribution in [2.75, 3.05) is 23.7 Å². The molecule has 3 amide bonds. The van der Waals surface area contributed by atoms with E-state index in [9.17, 15) is 14.4 Å². The van der Waals surface area contributed by atoms with Crippen LogP contribution in [0.4, 0.5) is 10.7 Å². The smallest absolute Gasteiger partial charge is 0.291 e. The number of nitrogens with zero attached hydrogens (tertiary/aromatic N) is 1. The maximum absolute atomic E-state index is 12.7. The Balaban J connectivity index is 1.45. The number of furan rings is 1. The van der Waals surface area contributed by atoms with E-state index >= 15 is 0 Å². The normalized spacial score (nSPS) is 13.3. The molecule has 1 saturated heterocycles. The number of hydrogen-bond acceptors (Lipinski definition) is 5. The number of rotatable bonds is 5. The van der Waals surface area contributed by atoms with Gasteiger partial charge in [0.25, 0.3) is 17.7 Å². The summed E-state index contributed by atoms with van der Waals surface area (Å²) in [7, 11) is 0. The molecule has 1 fully saturated rings. The Bertz CT molecular complexity index is 1080. The molecule has 1 aliphatic rings. The number of hydrogen-bond donors (Lipinski definition) is 2. The topological polar surface area (TPSA) is 91.6 Å². The third-order valence-corrected chi connectivity index (χ3v) is 6.02. The Morgan fingerprint density at radius 2 is 1.77 bits per heavy atom. The van der Waals surface area contributed by atoms with Crippen LogP contribution in [0.2, 0.25) is 0 Å². The number of likely N-dealkylation sites (tertiary alicyclic amines) is 1. The lowest BCUT2D eigenvalue weighted by Crippen LogP contribution is -2.28. The van der Waals surface area contributed by atoms with E-state index in [0.717, 1.165) is 42.8 Å². The summed E-state index contributed by atoms with van der Waals surface area (Å²) in [6.07, 6.45) is 3.48. The van der Waals surface area contributed by atoms with Gasteiger partial charge in [0.05, 0.1) is 16.1 Å². The van der Waals surface area contributed by atoms with Crippen LogP contribution in [0.1, 0.15) is 49.0 Å². The van der Waals surface area contributed by atoms with Gasteiger partial charge in [-0.1, -0.05) is 6.07 Å². The fraction of sp³-hybridized carbons (Fsp3) is 0.227. The Labute approximate surface area is 177 Å².